The molecule has 0 aliphatic heterocycles. The average Bonchev–Trinajstić information content (AvgIpc) is 2.08. The summed E-state index contributed by atoms with van der Waals surface area (Å²) in [5, 5.41) is 9.00. The van der Waals surface area contributed by atoms with Crippen molar-refractivity contribution >= 4 is 11.8 Å². The molecule has 1 aromatic carbocycles. The molecule has 1 aromatic rings. The lowest BCUT2D eigenvalue weighted by molar-refractivity contribution is -0.141. The molecule has 0 amide bonds. The van der Waals surface area contributed by atoms with Gasteiger partial charge < -0.3 is 5.11 Å². The predicted molar refractivity (Wildman–Crippen MR) is 40.8 cm³/mol. The number of hydrogen-bond acceptors (Lipinski definition) is 3. The standard InChI is InChI=1S/C8H3F4NO2/c9-4-1-2-5(13-3-14)7(15)6(4)8(10,11)12/h1-2,15H. The van der Waals surface area contributed by atoms with Crippen LogP contribution in [0.5, 0.6) is 5.75 Å². The summed E-state index contributed by atoms with van der Waals surface area (Å²) in [4.78, 5) is 12.6. The van der Waals surface area contributed by atoms with E-state index in [2.05, 4.69) is 4.99 Å². The van der Waals surface area contributed by atoms with Gasteiger partial charge in [0.05, 0.1) is 0 Å². The quantitative estimate of drug-likeness (QED) is 0.450. The van der Waals surface area contributed by atoms with Crippen LogP contribution in [0.4, 0.5) is 23.2 Å². The Kier molecular flexibility index (Phi) is 2.76. The van der Waals surface area contributed by atoms with Crippen molar-refractivity contribution in [2.45, 2.75) is 6.18 Å². The molecule has 0 atom stereocenters. The first-order valence-electron chi connectivity index (χ1n) is 3.54. The lowest BCUT2D eigenvalue weighted by Gasteiger charge is -2.10. The van der Waals surface area contributed by atoms with Gasteiger partial charge in [-0.15, -0.1) is 0 Å². The third-order valence-corrected chi connectivity index (χ3v) is 1.56. The highest BCUT2D eigenvalue weighted by atomic mass is 19.4. The van der Waals surface area contributed by atoms with Gasteiger partial charge in [0.15, 0.2) is 5.75 Å². The van der Waals surface area contributed by atoms with E-state index in [0.717, 1.165) is 12.1 Å². The van der Waals surface area contributed by atoms with E-state index < -0.39 is 29.0 Å². The molecule has 0 radical (unpaired) electrons. The van der Waals surface area contributed by atoms with E-state index in [1.807, 2.05) is 0 Å². The van der Waals surface area contributed by atoms with Crippen LogP contribution < -0.4 is 0 Å². The third kappa shape index (κ3) is 2.13. The van der Waals surface area contributed by atoms with E-state index >= 15 is 0 Å². The molecule has 1 rings (SSSR count). The second-order valence-electron chi connectivity index (χ2n) is 2.49. The van der Waals surface area contributed by atoms with Gasteiger partial charge in [-0.3, -0.25) is 0 Å². The molecular weight excluding hydrogens is 218 g/mol. The van der Waals surface area contributed by atoms with Gasteiger partial charge in [-0.2, -0.15) is 18.2 Å². The molecule has 3 nitrogen and oxygen atoms in total. The highest BCUT2D eigenvalue weighted by molar-refractivity contribution is 5.60. The molecule has 80 valence electrons. The van der Waals surface area contributed by atoms with E-state index in [1.165, 1.54) is 0 Å². The van der Waals surface area contributed by atoms with Crippen LogP contribution in [-0.4, -0.2) is 11.2 Å². The highest BCUT2D eigenvalue weighted by Crippen LogP contribution is 2.42. The summed E-state index contributed by atoms with van der Waals surface area (Å²) in [6.07, 6.45) is -4.10. The molecule has 15 heavy (non-hydrogen) atoms. The number of carbonyl (C=O) groups excluding carboxylic acids is 1. The molecule has 0 fully saturated rings. The average molecular weight is 221 g/mol. The van der Waals surface area contributed by atoms with E-state index in [1.54, 1.807) is 0 Å². The Hall–Kier alpha value is -1.88. The number of alkyl halides is 3. The molecule has 0 bridgehead atoms. The third-order valence-electron chi connectivity index (χ3n) is 1.56. The normalized spacial score (nSPS) is 10.9. The number of phenols is 1. The number of benzene rings is 1. The van der Waals surface area contributed by atoms with Crippen molar-refractivity contribution in [2.75, 3.05) is 0 Å². The Morgan fingerprint density at radius 1 is 1.33 bits per heavy atom. The SMILES string of the molecule is O=C=Nc1ccc(F)c(C(F)(F)F)c1O. The van der Waals surface area contributed by atoms with Crippen LogP contribution in [0, 0.1) is 5.82 Å². The number of rotatable bonds is 1. The Morgan fingerprint density at radius 3 is 2.40 bits per heavy atom. The highest BCUT2D eigenvalue weighted by Gasteiger charge is 2.38. The minimum atomic E-state index is -5.05. The fourth-order valence-electron chi connectivity index (χ4n) is 0.965. The second kappa shape index (κ2) is 3.70. The first kappa shape index (κ1) is 11.2. The lowest BCUT2D eigenvalue weighted by atomic mass is 10.1. The van der Waals surface area contributed by atoms with E-state index in [9.17, 15) is 22.4 Å². The molecule has 0 aromatic heterocycles. The van der Waals surface area contributed by atoms with Gasteiger partial charge in [-0.25, -0.2) is 9.18 Å². The number of halogens is 4. The number of isocyanates is 1. The first-order valence-corrected chi connectivity index (χ1v) is 3.54. The predicted octanol–water partition coefficient (Wildman–Crippen LogP) is 2.52. The monoisotopic (exact) mass is 221 g/mol. The summed E-state index contributed by atoms with van der Waals surface area (Å²) in [7, 11) is 0. The van der Waals surface area contributed by atoms with Crippen LogP contribution in [0.25, 0.3) is 0 Å². The number of aliphatic imine (C=N–C) groups is 1. The summed E-state index contributed by atoms with van der Waals surface area (Å²) in [6, 6.07) is 1.20. The summed E-state index contributed by atoms with van der Waals surface area (Å²) in [6.45, 7) is 0. The summed E-state index contributed by atoms with van der Waals surface area (Å²) >= 11 is 0. The van der Waals surface area contributed by atoms with E-state index in [4.69, 9.17) is 5.11 Å². The Morgan fingerprint density at radius 2 is 1.93 bits per heavy atom. The number of phenolic OH excluding ortho intramolecular Hbond substituents is 1. The van der Waals surface area contributed by atoms with Crippen LogP contribution in [-0.2, 0) is 11.0 Å². The number of hydrogen-bond donors (Lipinski definition) is 1. The fraction of sp³-hybridized carbons (Fsp3) is 0.125. The van der Waals surface area contributed by atoms with Gasteiger partial charge in [0.25, 0.3) is 0 Å². The summed E-state index contributed by atoms with van der Waals surface area (Å²) in [5.74, 6) is -3.06. The van der Waals surface area contributed by atoms with Crippen molar-refractivity contribution in [1.29, 1.82) is 0 Å². The van der Waals surface area contributed by atoms with E-state index in [-0.39, 0.29) is 0 Å². The molecule has 0 unspecified atom stereocenters. The number of nitrogens with zero attached hydrogens (tertiary/aromatic N) is 1. The molecule has 0 aliphatic carbocycles. The van der Waals surface area contributed by atoms with Crippen LogP contribution in [0.15, 0.2) is 17.1 Å². The number of aromatic hydroxyl groups is 1. The van der Waals surface area contributed by atoms with Crippen LogP contribution in [0.2, 0.25) is 0 Å². The Labute approximate surface area is 80.7 Å². The van der Waals surface area contributed by atoms with Gasteiger partial charge >= 0.3 is 6.18 Å². The summed E-state index contributed by atoms with van der Waals surface area (Å²) < 4.78 is 49.3. The van der Waals surface area contributed by atoms with Crippen molar-refractivity contribution in [2.24, 2.45) is 4.99 Å². The van der Waals surface area contributed by atoms with Gasteiger partial charge in [0.2, 0.25) is 6.08 Å². The Balaban J connectivity index is 3.50. The molecule has 7 heteroatoms. The maximum atomic E-state index is 12.7. The molecule has 0 aliphatic rings. The Bertz CT molecular complexity index is 435. The van der Waals surface area contributed by atoms with E-state index in [0.29, 0.717) is 6.07 Å². The van der Waals surface area contributed by atoms with Crippen molar-refractivity contribution in [3.05, 3.63) is 23.5 Å². The first-order chi connectivity index (χ1) is 6.88. The summed E-state index contributed by atoms with van der Waals surface area (Å²) in [5.41, 5.74) is -2.53. The second-order valence-corrected chi connectivity index (χ2v) is 2.49. The maximum absolute atomic E-state index is 12.7. The minimum Gasteiger partial charge on any atom is -0.505 e. The minimum absolute atomic E-state index is 0.457. The maximum Gasteiger partial charge on any atom is 0.422 e. The molecule has 0 spiro atoms. The molecule has 0 saturated heterocycles. The van der Waals surface area contributed by atoms with Crippen molar-refractivity contribution in [3.63, 3.8) is 0 Å². The van der Waals surface area contributed by atoms with Gasteiger partial charge in [0.1, 0.15) is 17.1 Å². The van der Waals surface area contributed by atoms with Crippen molar-refractivity contribution < 1.29 is 27.5 Å². The van der Waals surface area contributed by atoms with Gasteiger partial charge in [-0.1, -0.05) is 0 Å². The van der Waals surface area contributed by atoms with Crippen molar-refractivity contribution in [3.8, 4) is 5.75 Å². The fourth-order valence-corrected chi connectivity index (χ4v) is 0.965. The molecule has 0 saturated carbocycles. The zero-order valence-electron chi connectivity index (χ0n) is 6.97. The van der Waals surface area contributed by atoms with Crippen LogP contribution >= 0.6 is 0 Å². The van der Waals surface area contributed by atoms with Gasteiger partial charge in [0, 0.05) is 0 Å². The topological polar surface area (TPSA) is 49.7 Å². The van der Waals surface area contributed by atoms with Crippen LogP contribution in [0.3, 0.4) is 0 Å². The van der Waals surface area contributed by atoms with Crippen LogP contribution in [0.1, 0.15) is 5.56 Å². The molecule has 0 heterocycles. The molecule has 1 N–H and O–H groups in total. The largest absolute Gasteiger partial charge is 0.505 e. The zero-order valence-corrected chi connectivity index (χ0v) is 6.97. The smallest absolute Gasteiger partial charge is 0.422 e. The zero-order chi connectivity index (χ0) is 11.6. The van der Waals surface area contributed by atoms with Gasteiger partial charge in [-0.05, 0) is 12.1 Å². The van der Waals surface area contributed by atoms with Crippen molar-refractivity contribution in [1.82, 2.24) is 0 Å². The lowest BCUT2D eigenvalue weighted by Crippen LogP contribution is -2.08. The molecular formula is C8H3F4NO2.